The molecule has 3 nitrogen and oxygen atoms in total. The molecule has 0 radical (unpaired) electrons. The van der Waals surface area contributed by atoms with Gasteiger partial charge < -0.3 is 9.67 Å². The quantitative estimate of drug-likeness (QED) is 0.932. The van der Waals surface area contributed by atoms with E-state index >= 15 is 0 Å². The minimum atomic E-state index is -0.671. The summed E-state index contributed by atoms with van der Waals surface area (Å²) in [4.78, 5) is 12.0. The third kappa shape index (κ3) is 2.83. The number of aliphatic hydroxyl groups excluding tert-OH is 1. The SMILES string of the molecule is Cc1cc(C)c(C(O)Cn2cccc(C)c2=O)c(C)c1. The molecule has 106 valence electrons. The van der Waals surface area contributed by atoms with E-state index in [0.717, 1.165) is 16.7 Å². The van der Waals surface area contributed by atoms with E-state index in [2.05, 4.69) is 12.1 Å². The van der Waals surface area contributed by atoms with Crippen LogP contribution in [0.3, 0.4) is 0 Å². The van der Waals surface area contributed by atoms with E-state index in [1.54, 1.807) is 23.8 Å². The molecule has 0 aliphatic heterocycles. The van der Waals surface area contributed by atoms with Crippen LogP contribution in [0, 0.1) is 27.7 Å². The Morgan fingerprint density at radius 1 is 1.10 bits per heavy atom. The predicted molar refractivity (Wildman–Crippen MR) is 81.1 cm³/mol. The van der Waals surface area contributed by atoms with Crippen molar-refractivity contribution >= 4 is 0 Å². The smallest absolute Gasteiger partial charge is 0.253 e. The molecule has 3 heteroatoms. The average molecular weight is 271 g/mol. The van der Waals surface area contributed by atoms with Crippen LogP contribution >= 0.6 is 0 Å². The van der Waals surface area contributed by atoms with Crippen LogP contribution in [0.5, 0.6) is 0 Å². The second-order valence-corrected chi connectivity index (χ2v) is 5.48. The fourth-order valence-electron chi connectivity index (χ4n) is 2.79. The summed E-state index contributed by atoms with van der Waals surface area (Å²) in [5.41, 5.74) is 4.88. The zero-order valence-corrected chi connectivity index (χ0v) is 12.5. The van der Waals surface area contributed by atoms with Gasteiger partial charge in [0.2, 0.25) is 0 Å². The molecule has 1 heterocycles. The van der Waals surface area contributed by atoms with Crippen molar-refractivity contribution in [3.63, 3.8) is 0 Å². The Balaban J connectivity index is 2.36. The first-order valence-electron chi connectivity index (χ1n) is 6.82. The molecule has 0 saturated heterocycles. The van der Waals surface area contributed by atoms with Gasteiger partial charge in [-0.1, -0.05) is 23.8 Å². The maximum absolute atomic E-state index is 12.0. The number of aliphatic hydroxyl groups is 1. The lowest BCUT2D eigenvalue weighted by molar-refractivity contribution is 0.153. The van der Waals surface area contributed by atoms with Gasteiger partial charge in [-0.15, -0.1) is 0 Å². The van der Waals surface area contributed by atoms with Crippen molar-refractivity contribution in [1.82, 2.24) is 4.57 Å². The molecule has 0 spiro atoms. The van der Waals surface area contributed by atoms with Gasteiger partial charge in [0.1, 0.15) is 0 Å². The molecule has 1 unspecified atom stereocenters. The number of hydrogen-bond acceptors (Lipinski definition) is 2. The molecule has 0 fully saturated rings. The minimum Gasteiger partial charge on any atom is -0.387 e. The highest BCUT2D eigenvalue weighted by Crippen LogP contribution is 2.24. The van der Waals surface area contributed by atoms with Crippen LogP contribution in [-0.4, -0.2) is 9.67 Å². The van der Waals surface area contributed by atoms with E-state index in [-0.39, 0.29) is 12.1 Å². The second-order valence-electron chi connectivity index (χ2n) is 5.48. The third-order valence-corrected chi connectivity index (χ3v) is 3.65. The molecule has 2 rings (SSSR count). The van der Waals surface area contributed by atoms with E-state index < -0.39 is 6.10 Å². The third-order valence-electron chi connectivity index (χ3n) is 3.65. The Morgan fingerprint density at radius 3 is 2.30 bits per heavy atom. The minimum absolute atomic E-state index is 0.0473. The normalized spacial score (nSPS) is 12.4. The van der Waals surface area contributed by atoms with Crippen LogP contribution in [0.4, 0.5) is 0 Å². The Labute approximate surface area is 119 Å². The fraction of sp³-hybridized carbons (Fsp3) is 0.353. The van der Waals surface area contributed by atoms with Crippen LogP contribution < -0.4 is 5.56 Å². The van der Waals surface area contributed by atoms with Crippen molar-refractivity contribution in [3.8, 4) is 0 Å². The molecule has 0 amide bonds. The number of hydrogen-bond donors (Lipinski definition) is 1. The van der Waals surface area contributed by atoms with Gasteiger partial charge in [0.05, 0.1) is 12.6 Å². The summed E-state index contributed by atoms with van der Waals surface area (Å²) in [5.74, 6) is 0. The Morgan fingerprint density at radius 2 is 1.70 bits per heavy atom. The number of rotatable bonds is 3. The lowest BCUT2D eigenvalue weighted by atomic mass is 9.95. The van der Waals surface area contributed by atoms with Crippen molar-refractivity contribution in [2.45, 2.75) is 40.3 Å². The van der Waals surface area contributed by atoms with Crippen molar-refractivity contribution in [2.75, 3.05) is 0 Å². The van der Waals surface area contributed by atoms with E-state index in [0.29, 0.717) is 5.56 Å². The molecular formula is C17H21NO2. The number of nitrogens with zero attached hydrogens (tertiary/aromatic N) is 1. The summed E-state index contributed by atoms with van der Waals surface area (Å²) in [6, 6.07) is 7.74. The van der Waals surface area contributed by atoms with Crippen molar-refractivity contribution in [1.29, 1.82) is 0 Å². The number of pyridine rings is 1. The maximum atomic E-state index is 12.0. The zero-order valence-electron chi connectivity index (χ0n) is 12.5. The number of aryl methyl sites for hydroxylation is 4. The van der Waals surface area contributed by atoms with Crippen LogP contribution in [0.25, 0.3) is 0 Å². The molecule has 0 saturated carbocycles. The molecule has 1 N–H and O–H groups in total. The first kappa shape index (κ1) is 14.5. The monoisotopic (exact) mass is 271 g/mol. The van der Waals surface area contributed by atoms with Gasteiger partial charge in [-0.3, -0.25) is 4.79 Å². The topological polar surface area (TPSA) is 42.2 Å². The first-order valence-corrected chi connectivity index (χ1v) is 6.82. The van der Waals surface area contributed by atoms with E-state index in [1.165, 1.54) is 5.56 Å². The highest BCUT2D eigenvalue weighted by Gasteiger charge is 2.15. The van der Waals surface area contributed by atoms with E-state index in [9.17, 15) is 9.90 Å². The van der Waals surface area contributed by atoms with Gasteiger partial charge in [-0.2, -0.15) is 0 Å². The van der Waals surface area contributed by atoms with Crippen LogP contribution in [-0.2, 0) is 6.54 Å². The molecule has 2 aromatic rings. The van der Waals surface area contributed by atoms with Gasteiger partial charge in [-0.25, -0.2) is 0 Å². The summed E-state index contributed by atoms with van der Waals surface area (Å²) >= 11 is 0. The zero-order chi connectivity index (χ0) is 14.9. The molecule has 1 aromatic heterocycles. The van der Waals surface area contributed by atoms with Gasteiger partial charge in [-0.05, 0) is 50.5 Å². The molecule has 1 aromatic carbocycles. The molecule has 0 aliphatic rings. The largest absolute Gasteiger partial charge is 0.387 e. The lowest BCUT2D eigenvalue weighted by Gasteiger charge is -2.18. The van der Waals surface area contributed by atoms with Crippen LogP contribution in [0.15, 0.2) is 35.3 Å². The second kappa shape index (κ2) is 5.63. The number of aromatic nitrogens is 1. The van der Waals surface area contributed by atoms with Crippen molar-refractivity contribution in [3.05, 3.63) is 68.6 Å². The Kier molecular flexibility index (Phi) is 4.09. The first-order chi connectivity index (χ1) is 9.40. The fourth-order valence-corrected chi connectivity index (χ4v) is 2.79. The highest BCUT2D eigenvalue weighted by molar-refractivity contribution is 5.38. The summed E-state index contributed by atoms with van der Waals surface area (Å²) < 4.78 is 1.57. The van der Waals surface area contributed by atoms with Gasteiger partial charge in [0, 0.05) is 11.8 Å². The standard InChI is InChI=1S/C17H21NO2/c1-11-8-13(3)16(14(4)9-11)15(19)10-18-7-5-6-12(2)17(18)20/h5-9,15,19H,10H2,1-4H3. The van der Waals surface area contributed by atoms with Crippen LogP contribution in [0.1, 0.15) is 33.9 Å². The summed E-state index contributed by atoms with van der Waals surface area (Å²) in [6.07, 6.45) is 1.05. The highest BCUT2D eigenvalue weighted by atomic mass is 16.3. The molecule has 0 bridgehead atoms. The van der Waals surface area contributed by atoms with Crippen molar-refractivity contribution < 1.29 is 5.11 Å². The van der Waals surface area contributed by atoms with Gasteiger partial charge in [0.25, 0.3) is 5.56 Å². The van der Waals surface area contributed by atoms with E-state index in [4.69, 9.17) is 0 Å². The summed E-state index contributed by atoms with van der Waals surface area (Å²) in [6.45, 7) is 8.11. The summed E-state index contributed by atoms with van der Waals surface area (Å²) in [7, 11) is 0. The van der Waals surface area contributed by atoms with E-state index in [1.807, 2.05) is 26.8 Å². The Hall–Kier alpha value is -1.87. The van der Waals surface area contributed by atoms with Gasteiger partial charge >= 0.3 is 0 Å². The summed E-state index contributed by atoms with van der Waals surface area (Å²) in [5, 5.41) is 10.5. The predicted octanol–water partition coefficient (Wildman–Crippen LogP) is 2.82. The molecule has 1 atom stereocenters. The van der Waals surface area contributed by atoms with Gasteiger partial charge in [0.15, 0.2) is 0 Å². The Bertz CT molecular complexity index is 663. The molecule has 0 aliphatic carbocycles. The molecular weight excluding hydrogens is 250 g/mol. The number of benzene rings is 1. The van der Waals surface area contributed by atoms with Crippen molar-refractivity contribution in [2.24, 2.45) is 0 Å². The lowest BCUT2D eigenvalue weighted by Crippen LogP contribution is -2.24. The average Bonchev–Trinajstić information content (AvgIpc) is 2.33. The maximum Gasteiger partial charge on any atom is 0.253 e. The van der Waals surface area contributed by atoms with Crippen LogP contribution in [0.2, 0.25) is 0 Å². The molecule has 20 heavy (non-hydrogen) atoms.